The van der Waals surface area contributed by atoms with Crippen molar-refractivity contribution < 1.29 is 9.18 Å². The molecule has 0 saturated heterocycles. The first-order valence-corrected chi connectivity index (χ1v) is 5.84. The van der Waals surface area contributed by atoms with Gasteiger partial charge in [0, 0.05) is 12.7 Å². The normalized spacial score (nSPS) is 9.90. The standard InChI is InChI=1S/C13H11ClFN3O.BrH/c14-10-6-8(3-4-11(10)15)7-18-5-1-2-9(12(18)16)13(17)19;/h1-6,16H,7H2,(H2,17,19);1H. The van der Waals surface area contributed by atoms with E-state index in [4.69, 9.17) is 22.7 Å². The van der Waals surface area contributed by atoms with Crippen molar-refractivity contribution >= 4 is 34.5 Å². The molecule has 1 aromatic carbocycles. The third-order valence-corrected chi connectivity index (χ3v) is 2.96. The van der Waals surface area contributed by atoms with Crippen molar-refractivity contribution in [3.63, 3.8) is 0 Å². The number of pyridine rings is 1. The van der Waals surface area contributed by atoms with E-state index >= 15 is 0 Å². The first kappa shape index (κ1) is 16.4. The lowest BCUT2D eigenvalue weighted by atomic mass is 10.2. The minimum absolute atomic E-state index is 0. The van der Waals surface area contributed by atoms with Crippen molar-refractivity contribution in [2.75, 3.05) is 0 Å². The summed E-state index contributed by atoms with van der Waals surface area (Å²) in [5.74, 6) is -1.15. The topological polar surface area (TPSA) is 71.9 Å². The Morgan fingerprint density at radius 2 is 2.10 bits per heavy atom. The average molecular weight is 361 g/mol. The molecule has 0 aliphatic heterocycles. The molecule has 0 fully saturated rings. The molecule has 4 nitrogen and oxygen atoms in total. The van der Waals surface area contributed by atoms with E-state index in [2.05, 4.69) is 0 Å². The molecule has 0 aliphatic rings. The van der Waals surface area contributed by atoms with Gasteiger partial charge >= 0.3 is 0 Å². The highest BCUT2D eigenvalue weighted by atomic mass is 79.9. The summed E-state index contributed by atoms with van der Waals surface area (Å²) in [6.45, 7) is 0.306. The quantitative estimate of drug-likeness (QED) is 0.867. The van der Waals surface area contributed by atoms with Gasteiger partial charge in [-0.15, -0.1) is 17.0 Å². The van der Waals surface area contributed by atoms with Crippen LogP contribution in [0.2, 0.25) is 5.02 Å². The average Bonchev–Trinajstić information content (AvgIpc) is 2.36. The summed E-state index contributed by atoms with van der Waals surface area (Å²) in [4.78, 5) is 11.1. The number of primary amides is 1. The summed E-state index contributed by atoms with van der Waals surface area (Å²) >= 11 is 5.70. The van der Waals surface area contributed by atoms with Crippen molar-refractivity contribution in [1.82, 2.24) is 4.57 Å². The number of hydrogen-bond donors (Lipinski definition) is 2. The number of aromatic nitrogens is 1. The van der Waals surface area contributed by atoms with Crippen LogP contribution in [0.1, 0.15) is 15.9 Å². The zero-order chi connectivity index (χ0) is 14.0. The monoisotopic (exact) mass is 359 g/mol. The fraction of sp³-hybridized carbons (Fsp3) is 0.0769. The highest BCUT2D eigenvalue weighted by molar-refractivity contribution is 8.93. The Hall–Kier alpha value is -1.66. The van der Waals surface area contributed by atoms with Crippen LogP contribution >= 0.6 is 28.6 Å². The summed E-state index contributed by atoms with van der Waals surface area (Å²) < 4.78 is 14.6. The lowest BCUT2D eigenvalue weighted by molar-refractivity contribution is 0.0998. The van der Waals surface area contributed by atoms with Gasteiger partial charge in [0.25, 0.3) is 5.91 Å². The predicted octanol–water partition coefficient (Wildman–Crippen LogP) is 2.49. The molecule has 1 aromatic heterocycles. The first-order valence-electron chi connectivity index (χ1n) is 5.47. The first-order chi connectivity index (χ1) is 8.99. The lowest BCUT2D eigenvalue weighted by Gasteiger charge is -2.09. The second kappa shape index (κ2) is 6.67. The van der Waals surface area contributed by atoms with E-state index in [9.17, 15) is 9.18 Å². The molecular formula is C13H12BrClFN3O. The van der Waals surface area contributed by atoms with Crippen LogP contribution in [0.5, 0.6) is 0 Å². The number of carbonyl (C=O) groups excluding carboxylic acids is 1. The maximum Gasteiger partial charge on any atom is 0.252 e. The minimum atomic E-state index is -0.656. The van der Waals surface area contributed by atoms with Crippen molar-refractivity contribution in [2.45, 2.75) is 6.54 Å². The summed E-state index contributed by atoms with van der Waals surface area (Å²) in [7, 11) is 0. The van der Waals surface area contributed by atoms with E-state index in [0.29, 0.717) is 6.54 Å². The van der Waals surface area contributed by atoms with Crippen LogP contribution in [0.15, 0.2) is 36.5 Å². The van der Waals surface area contributed by atoms with Gasteiger partial charge in [-0.3, -0.25) is 10.2 Å². The van der Waals surface area contributed by atoms with E-state index in [-0.39, 0.29) is 33.1 Å². The molecule has 0 atom stereocenters. The number of rotatable bonds is 3. The fourth-order valence-corrected chi connectivity index (χ4v) is 1.92. The third kappa shape index (κ3) is 3.46. The van der Waals surface area contributed by atoms with Crippen molar-refractivity contribution in [3.8, 4) is 0 Å². The summed E-state index contributed by atoms with van der Waals surface area (Å²) in [6, 6.07) is 7.44. The van der Waals surface area contributed by atoms with E-state index < -0.39 is 11.7 Å². The molecule has 0 radical (unpaired) electrons. The molecular weight excluding hydrogens is 349 g/mol. The van der Waals surface area contributed by atoms with Crippen LogP contribution in [0.4, 0.5) is 4.39 Å². The summed E-state index contributed by atoms with van der Waals surface area (Å²) in [6.07, 6.45) is 1.64. The summed E-state index contributed by atoms with van der Waals surface area (Å²) in [5, 5.41) is 7.90. The third-order valence-electron chi connectivity index (χ3n) is 2.67. The van der Waals surface area contributed by atoms with Gasteiger partial charge in [0.1, 0.15) is 11.3 Å². The van der Waals surface area contributed by atoms with Gasteiger partial charge in [-0.05, 0) is 29.8 Å². The van der Waals surface area contributed by atoms with Gasteiger partial charge in [-0.25, -0.2) is 4.39 Å². The smallest absolute Gasteiger partial charge is 0.252 e. The van der Waals surface area contributed by atoms with Crippen LogP contribution in [-0.4, -0.2) is 10.5 Å². The number of hydrogen-bond acceptors (Lipinski definition) is 2. The van der Waals surface area contributed by atoms with Crippen molar-refractivity contribution in [3.05, 3.63) is 64.0 Å². The highest BCUT2D eigenvalue weighted by Gasteiger charge is 2.06. The van der Waals surface area contributed by atoms with Gasteiger partial charge in [0.2, 0.25) is 0 Å². The van der Waals surface area contributed by atoms with Crippen LogP contribution in [0.25, 0.3) is 0 Å². The Bertz CT molecular complexity index is 702. The maximum absolute atomic E-state index is 13.0. The molecule has 106 valence electrons. The number of nitrogens with one attached hydrogen (secondary N) is 1. The Kier molecular flexibility index (Phi) is 5.47. The highest BCUT2D eigenvalue weighted by Crippen LogP contribution is 2.16. The Labute approximate surface area is 130 Å². The van der Waals surface area contributed by atoms with Crippen LogP contribution < -0.4 is 11.2 Å². The van der Waals surface area contributed by atoms with E-state index in [0.717, 1.165) is 5.56 Å². The number of amides is 1. The second-order valence-corrected chi connectivity index (χ2v) is 4.42. The molecule has 0 unspecified atom stereocenters. The Balaban J connectivity index is 0.00000200. The number of carbonyl (C=O) groups is 1. The van der Waals surface area contributed by atoms with Crippen LogP contribution in [-0.2, 0) is 6.54 Å². The SMILES string of the molecule is Br.N=c1c(C(N)=O)cccn1Cc1ccc(F)c(Cl)c1. The largest absolute Gasteiger partial charge is 0.365 e. The van der Waals surface area contributed by atoms with Gasteiger partial charge in [-0.1, -0.05) is 17.7 Å². The fourth-order valence-electron chi connectivity index (χ4n) is 1.72. The molecule has 3 N–H and O–H groups in total. The van der Waals surface area contributed by atoms with Gasteiger partial charge in [0.05, 0.1) is 10.6 Å². The molecule has 0 spiro atoms. The number of benzene rings is 1. The zero-order valence-corrected chi connectivity index (χ0v) is 12.7. The van der Waals surface area contributed by atoms with Crippen molar-refractivity contribution in [1.29, 1.82) is 5.41 Å². The Morgan fingerprint density at radius 1 is 1.40 bits per heavy atom. The minimum Gasteiger partial charge on any atom is -0.365 e. The molecule has 20 heavy (non-hydrogen) atoms. The number of nitrogens with zero attached hydrogens (tertiary/aromatic N) is 1. The summed E-state index contributed by atoms with van der Waals surface area (Å²) in [5.41, 5.74) is 6.05. The Morgan fingerprint density at radius 3 is 2.70 bits per heavy atom. The molecule has 2 aromatic rings. The molecule has 0 aliphatic carbocycles. The van der Waals surface area contributed by atoms with Gasteiger partial charge < -0.3 is 10.3 Å². The second-order valence-electron chi connectivity index (χ2n) is 4.01. The van der Waals surface area contributed by atoms with E-state index in [1.807, 2.05) is 0 Å². The molecule has 1 amide bonds. The van der Waals surface area contributed by atoms with E-state index in [1.54, 1.807) is 18.3 Å². The van der Waals surface area contributed by atoms with Gasteiger partial charge in [-0.2, -0.15) is 0 Å². The lowest BCUT2D eigenvalue weighted by Crippen LogP contribution is -2.29. The number of nitrogens with two attached hydrogens (primary N) is 1. The van der Waals surface area contributed by atoms with Crippen LogP contribution in [0.3, 0.4) is 0 Å². The number of halogens is 3. The molecule has 2 rings (SSSR count). The zero-order valence-electron chi connectivity index (χ0n) is 10.3. The molecule has 0 saturated carbocycles. The molecule has 7 heteroatoms. The van der Waals surface area contributed by atoms with E-state index in [1.165, 1.54) is 22.8 Å². The molecule has 0 bridgehead atoms. The predicted molar refractivity (Wildman–Crippen MR) is 79.6 cm³/mol. The van der Waals surface area contributed by atoms with Crippen molar-refractivity contribution in [2.24, 2.45) is 5.73 Å². The maximum atomic E-state index is 13.0. The van der Waals surface area contributed by atoms with Crippen LogP contribution in [0, 0.1) is 11.2 Å². The molecule has 1 heterocycles. The van der Waals surface area contributed by atoms with Gasteiger partial charge in [0.15, 0.2) is 0 Å².